The fourth-order valence-electron chi connectivity index (χ4n) is 4.22. The molecule has 26 heavy (non-hydrogen) atoms. The van der Waals surface area contributed by atoms with E-state index >= 15 is 0 Å². The summed E-state index contributed by atoms with van der Waals surface area (Å²) in [5, 5.41) is 2.70. The maximum absolute atomic E-state index is 12.2. The number of rotatable bonds is 3. The van der Waals surface area contributed by atoms with Gasteiger partial charge in [0.2, 0.25) is 6.41 Å². The molecule has 2 atom stereocenters. The molecule has 1 fully saturated rings. The number of ether oxygens (including phenoxy) is 1. The lowest BCUT2D eigenvalue weighted by Crippen LogP contribution is -2.46. The molecule has 2 aliphatic heterocycles. The van der Waals surface area contributed by atoms with Crippen molar-refractivity contribution in [3.8, 4) is 5.75 Å². The first-order valence-corrected chi connectivity index (χ1v) is 8.65. The summed E-state index contributed by atoms with van der Waals surface area (Å²) in [5.41, 5.74) is 2.44. The lowest BCUT2D eigenvalue weighted by Gasteiger charge is -2.31. The highest BCUT2D eigenvalue weighted by atomic mass is 16.6. The van der Waals surface area contributed by atoms with Crippen molar-refractivity contribution in [1.82, 2.24) is 4.90 Å². The van der Waals surface area contributed by atoms with Gasteiger partial charge in [-0.2, -0.15) is 0 Å². The summed E-state index contributed by atoms with van der Waals surface area (Å²) in [7, 11) is 2.03. The van der Waals surface area contributed by atoms with Crippen LogP contribution in [-0.4, -0.2) is 37.2 Å². The van der Waals surface area contributed by atoms with E-state index in [1.54, 1.807) is 23.1 Å². The molecule has 0 spiro atoms. The number of amides is 2. The van der Waals surface area contributed by atoms with Crippen LogP contribution < -0.4 is 15.0 Å². The number of fused-ring (bicyclic) bond motifs is 3. The molecular weight excluding hydrogens is 330 g/mol. The van der Waals surface area contributed by atoms with E-state index in [1.165, 1.54) is 0 Å². The monoisotopic (exact) mass is 351 g/mol. The Kier molecular flexibility index (Phi) is 3.92. The van der Waals surface area contributed by atoms with Crippen LogP contribution in [0.1, 0.15) is 18.9 Å². The van der Waals surface area contributed by atoms with Gasteiger partial charge in [0.25, 0.3) is 0 Å². The Morgan fingerprint density at radius 3 is 2.77 bits per heavy atom. The van der Waals surface area contributed by atoms with Gasteiger partial charge in [-0.25, -0.2) is 4.79 Å². The second kappa shape index (κ2) is 6.14. The molecule has 1 saturated heterocycles. The summed E-state index contributed by atoms with van der Waals surface area (Å²) < 4.78 is 5.46. The van der Waals surface area contributed by atoms with Crippen LogP contribution in [0.5, 0.6) is 5.75 Å². The van der Waals surface area contributed by atoms with Gasteiger partial charge in [0, 0.05) is 23.3 Å². The van der Waals surface area contributed by atoms with Gasteiger partial charge in [0.1, 0.15) is 5.75 Å². The van der Waals surface area contributed by atoms with Crippen LogP contribution in [0, 0.1) is 0 Å². The maximum atomic E-state index is 12.2. The van der Waals surface area contributed by atoms with Crippen LogP contribution in [0.2, 0.25) is 0 Å². The van der Waals surface area contributed by atoms with E-state index in [1.807, 2.05) is 37.4 Å². The Bertz CT molecular complexity index is 855. The zero-order valence-corrected chi connectivity index (χ0v) is 14.8. The molecule has 2 aromatic rings. The molecule has 2 amide bonds. The maximum Gasteiger partial charge on any atom is 0.417 e. The lowest BCUT2D eigenvalue weighted by molar-refractivity contribution is -0.108. The van der Waals surface area contributed by atoms with Crippen LogP contribution >= 0.6 is 0 Å². The first kappa shape index (κ1) is 16.6. The quantitative estimate of drug-likeness (QED) is 0.863. The fourth-order valence-corrected chi connectivity index (χ4v) is 4.22. The Balaban J connectivity index is 1.59. The molecule has 6 nitrogen and oxygen atoms in total. The van der Waals surface area contributed by atoms with Crippen molar-refractivity contribution in [2.24, 2.45) is 0 Å². The molecule has 0 saturated carbocycles. The summed E-state index contributed by atoms with van der Waals surface area (Å²) in [6, 6.07) is 14.6. The minimum absolute atomic E-state index is 0.00314. The van der Waals surface area contributed by atoms with Gasteiger partial charge in [0.15, 0.2) is 0 Å². The van der Waals surface area contributed by atoms with Crippen molar-refractivity contribution in [3.63, 3.8) is 0 Å². The summed E-state index contributed by atoms with van der Waals surface area (Å²) in [4.78, 5) is 27.8. The normalized spacial score (nSPS) is 24.1. The van der Waals surface area contributed by atoms with Crippen LogP contribution in [0.3, 0.4) is 0 Å². The summed E-state index contributed by atoms with van der Waals surface area (Å²) >= 11 is 0. The summed E-state index contributed by atoms with van der Waals surface area (Å²) in [6.45, 7) is 3.09. The molecule has 2 heterocycles. The molecule has 0 radical (unpaired) electrons. The molecule has 0 bridgehead atoms. The third-order valence-electron chi connectivity index (χ3n) is 5.44. The molecule has 134 valence electrons. The number of hydrogen-bond donors (Lipinski definition) is 1. The van der Waals surface area contributed by atoms with Crippen molar-refractivity contribution in [3.05, 3.63) is 54.1 Å². The zero-order valence-electron chi connectivity index (χ0n) is 14.8. The van der Waals surface area contributed by atoms with E-state index in [9.17, 15) is 9.59 Å². The number of para-hydroxylation sites is 1. The topological polar surface area (TPSA) is 61.9 Å². The smallest absolute Gasteiger partial charge is 0.410 e. The number of carbonyl (C=O) groups excluding carboxylic acids is 2. The lowest BCUT2D eigenvalue weighted by atomic mass is 9.81. The van der Waals surface area contributed by atoms with Crippen molar-refractivity contribution < 1.29 is 14.3 Å². The fraction of sp³-hybridized carbons (Fsp3) is 0.300. The van der Waals surface area contributed by atoms with Crippen molar-refractivity contribution in [2.45, 2.75) is 24.9 Å². The number of hydrogen-bond acceptors (Lipinski definition) is 4. The Morgan fingerprint density at radius 2 is 2.04 bits per heavy atom. The van der Waals surface area contributed by atoms with Gasteiger partial charge < -0.3 is 4.74 Å². The second-order valence-corrected chi connectivity index (χ2v) is 7.09. The third-order valence-corrected chi connectivity index (χ3v) is 5.44. The minimum Gasteiger partial charge on any atom is -0.410 e. The molecule has 4 rings (SSSR count). The molecule has 1 N–H and O–H groups in total. The Labute approximate surface area is 152 Å². The molecule has 1 unspecified atom stereocenters. The predicted molar refractivity (Wildman–Crippen MR) is 99.5 cm³/mol. The van der Waals surface area contributed by atoms with Gasteiger partial charge in [-0.3, -0.25) is 19.9 Å². The average Bonchev–Trinajstić information content (AvgIpc) is 3.07. The number of nitrogens with one attached hydrogen (secondary N) is 1. The second-order valence-electron chi connectivity index (χ2n) is 7.09. The van der Waals surface area contributed by atoms with E-state index in [-0.39, 0.29) is 11.6 Å². The van der Waals surface area contributed by atoms with Crippen LogP contribution in [0.15, 0.2) is 48.5 Å². The minimum atomic E-state index is -0.536. The molecule has 2 aromatic carbocycles. The predicted octanol–water partition coefficient (Wildman–Crippen LogP) is 3.19. The van der Waals surface area contributed by atoms with E-state index < -0.39 is 6.09 Å². The van der Waals surface area contributed by atoms with Crippen LogP contribution in [0.4, 0.5) is 16.2 Å². The Morgan fingerprint density at radius 1 is 1.27 bits per heavy atom. The highest BCUT2D eigenvalue weighted by Gasteiger charge is 2.53. The van der Waals surface area contributed by atoms with Crippen molar-refractivity contribution in [2.75, 3.05) is 23.8 Å². The standard InChI is InChI=1S/C20H21N3O3/c1-20-10-11-22(2)18(20)23(13-24)17-9-8-15(12-16(17)20)26-19(25)21-14-6-4-3-5-7-14/h3-9,12-13,18H,10-11H2,1-2H3,(H,21,25)/t18?,20-/m0/s1. The highest BCUT2D eigenvalue weighted by Crippen LogP contribution is 2.51. The van der Waals surface area contributed by atoms with E-state index in [4.69, 9.17) is 4.74 Å². The SMILES string of the molecule is CN1CC[C@@]2(C)c3cc(OC(=O)Nc4ccccc4)ccc3N(C=O)C12. The zero-order chi connectivity index (χ0) is 18.3. The first-order chi connectivity index (χ1) is 12.5. The van der Waals surface area contributed by atoms with Gasteiger partial charge in [-0.15, -0.1) is 0 Å². The van der Waals surface area contributed by atoms with Crippen LogP contribution in [0.25, 0.3) is 0 Å². The molecule has 0 aromatic heterocycles. The first-order valence-electron chi connectivity index (χ1n) is 8.65. The summed E-state index contributed by atoms with van der Waals surface area (Å²) in [5.74, 6) is 0.472. The van der Waals surface area contributed by atoms with Gasteiger partial charge in [-0.05, 0) is 49.4 Å². The Hall–Kier alpha value is -2.86. The third kappa shape index (κ3) is 2.54. The van der Waals surface area contributed by atoms with Crippen molar-refractivity contribution in [1.29, 1.82) is 0 Å². The van der Waals surface area contributed by atoms with Gasteiger partial charge in [-0.1, -0.05) is 25.1 Å². The number of anilines is 2. The molecule has 0 aliphatic carbocycles. The van der Waals surface area contributed by atoms with Gasteiger partial charge >= 0.3 is 6.09 Å². The highest BCUT2D eigenvalue weighted by molar-refractivity contribution is 5.87. The average molecular weight is 351 g/mol. The van der Waals surface area contributed by atoms with E-state index in [0.29, 0.717) is 11.4 Å². The van der Waals surface area contributed by atoms with Crippen LogP contribution in [-0.2, 0) is 10.2 Å². The van der Waals surface area contributed by atoms with E-state index in [0.717, 1.165) is 30.6 Å². The molecule has 2 aliphatic rings. The summed E-state index contributed by atoms with van der Waals surface area (Å²) in [6.07, 6.45) is 1.31. The molecule has 6 heteroatoms. The van der Waals surface area contributed by atoms with Crippen molar-refractivity contribution >= 4 is 23.9 Å². The largest absolute Gasteiger partial charge is 0.417 e. The number of nitrogens with zero attached hydrogens (tertiary/aromatic N) is 2. The van der Waals surface area contributed by atoms with E-state index in [2.05, 4.69) is 17.1 Å². The molecular formula is C20H21N3O3. The van der Waals surface area contributed by atoms with Gasteiger partial charge in [0.05, 0.1) is 6.17 Å². The number of carbonyl (C=O) groups is 2. The number of likely N-dealkylation sites (N-methyl/N-ethyl adjacent to an activating group) is 1. The number of benzene rings is 2. The number of likely N-dealkylation sites (tertiary alicyclic amines) is 1.